The molecule has 1 aromatic carbocycles. The first kappa shape index (κ1) is 15.1. The van der Waals surface area contributed by atoms with Gasteiger partial charge in [0.2, 0.25) is 10.0 Å². The molecular weight excluding hydrogens is 257 g/mol. The van der Waals surface area contributed by atoms with Gasteiger partial charge in [-0.2, -0.15) is 0 Å². The summed E-state index contributed by atoms with van der Waals surface area (Å²) < 4.78 is 39.9. The molecule has 0 saturated carbocycles. The summed E-state index contributed by atoms with van der Waals surface area (Å²) in [5.41, 5.74) is -0.612. The highest BCUT2D eigenvalue weighted by atomic mass is 32.2. The highest BCUT2D eigenvalue weighted by Crippen LogP contribution is 2.18. The zero-order valence-corrected chi connectivity index (χ0v) is 11.5. The quantitative estimate of drug-likeness (QED) is 0.861. The van der Waals surface area contributed by atoms with Crippen molar-refractivity contribution in [1.82, 2.24) is 4.72 Å². The van der Waals surface area contributed by atoms with Crippen LogP contribution in [0.1, 0.15) is 32.8 Å². The van der Waals surface area contributed by atoms with Crippen molar-refractivity contribution in [1.29, 1.82) is 0 Å². The fourth-order valence-corrected chi connectivity index (χ4v) is 2.87. The minimum Gasteiger partial charge on any atom is -0.392 e. The van der Waals surface area contributed by atoms with Crippen LogP contribution in [-0.4, -0.2) is 19.1 Å². The molecule has 1 aromatic rings. The van der Waals surface area contributed by atoms with E-state index < -0.39 is 28.0 Å². The summed E-state index contributed by atoms with van der Waals surface area (Å²) in [5, 5.41) is 8.93. The van der Waals surface area contributed by atoms with Crippen molar-refractivity contribution in [2.75, 3.05) is 0 Å². The number of aliphatic hydroxyl groups excluding tert-OH is 1. The molecule has 0 aliphatic carbocycles. The third-order valence-electron chi connectivity index (χ3n) is 2.79. The van der Waals surface area contributed by atoms with Gasteiger partial charge in [-0.15, -0.1) is 0 Å². The number of aliphatic hydroxyl groups is 1. The van der Waals surface area contributed by atoms with Crippen LogP contribution in [0.3, 0.4) is 0 Å². The Bertz CT molecular complexity index is 526. The van der Waals surface area contributed by atoms with E-state index in [-0.39, 0.29) is 10.5 Å². The van der Waals surface area contributed by atoms with Crippen molar-refractivity contribution in [3.63, 3.8) is 0 Å². The summed E-state index contributed by atoms with van der Waals surface area (Å²) in [7, 11) is -3.71. The molecule has 0 aliphatic heterocycles. The van der Waals surface area contributed by atoms with Crippen LogP contribution in [0.4, 0.5) is 4.39 Å². The van der Waals surface area contributed by atoms with E-state index in [9.17, 15) is 12.8 Å². The highest BCUT2D eigenvalue weighted by Gasteiger charge is 2.25. The molecule has 4 nitrogen and oxygen atoms in total. The number of benzene rings is 1. The van der Waals surface area contributed by atoms with Gasteiger partial charge in [0.15, 0.2) is 0 Å². The van der Waals surface area contributed by atoms with E-state index in [0.29, 0.717) is 6.42 Å². The van der Waals surface area contributed by atoms with Crippen molar-refractivity contribution >= 4 is 10.0 Å². The van der Waals surface area contributed by atoms with Crippen LogP contribution in [0.5, 0.6) is 0 Å². The van der Waals surface area contributed by atoms with Gasteiger partial charge in [-0.1, -0.05) is 6.92 Å². The minimum atomic E-state index is -3.71. The monoisotopic (exact) mass is 275 g/mol. The maximum absolute atomic E-state index is 13.2. The average molecular weight is 275 g/mol. The Morgan fingerprint density at radius 2 is 2.00 bits per heavy atom. The largest absolute Gasteiger partial charge is 0.392 e. The lowest BCUT2D eigenvalue weighted by molar-refractivity contribution is 0.275. The van der Waals surface area contributed by atoms with Gasteiger partial charge >= 0.3 is 0 Å². The predicted molar refractivity (Wildman–Crippen MR) is 67.0 cm³/mol. The second-order valence-corrected chi connectivity index (χ2v) is 6.44. The van der Waals surface area contributed by atoms with E-state index in [1.807, 2.05) is 6.92 Å². The maximum Gasteiger partial charge on any atom is 0.241 e. The molecule has 2 N–H and O–H groups in total. The molecule has 0 aliphatic rings. The minimum absolute atomic E-state index is 0.0350. The smallest absolute Gasteiger partial charge is 0.241 e. The van der Waals surface area contributed by atoms with Gasteiger partial charge in [-0.05, 0) is 38.5 Å². The Balaban J connectivity index is 3.13. The topological polar surface area (TPSA) is 66.4 Å². The van der Waals surface area contributed by atoms with E-state index in [2.05, 4.69) is 4.72 Å². The summed E-state index contributed by atoms with van der Waals surface area (Å²) in [4.78, 5) is -0.0468. The molecule has 102 valence electrons. The molecular formula is C12H18FNO3S. The zero-order chi connectivity index (χ0) is 14.0. The van der Waals surface area contributed by atoms with Gasteiger partial charge < -0.3 is 5.11 Å². The van der Waals surface area contributed by atoms with E-state index in [4.69, 9.17) is 5.11 Å². The lowest BCUT2D eigenvalue weighted by atomic mass is 10.0. The third kappa shape index (κ3) is 3.51. The summed E-state index contributed by atoms with van der Waals surface area (Å²) in [6.45, 7) is 4.86. The fraction of sp³-hybridized carbons (Fsp3) is 0.500. The maximum atomic E-state index is 13.2. The van der Waals surface area contributed by atoms with Crippen molar-refractivity contribution in [2.24, 2.45) is 0 Å². The molecule has 0 heterocycles. The molecule has 1 rings (SSSR count). The van der Waals surface area contributed by atoms with Gasteiger partial charge in [0, 0.05) is 11.1 Å². The summed E-state index contributed by atoms with van der Waals surface area (Å²) in [6, 6.07) is 3.37. The van der Waals surface area contributed by atoms with Gasteiger partial charge in [0.1, 0.15) is 5.82 Å². The molecule has 0 fully saturated rings. The summed E-state index contributed by atoms with van der Waals surface area (Å²) >= 11 is 0. The van der Waals surface area contributed by atoms with Crippen molar-refractivity contribution in [3.05, 3.63) is 29.6 Å². The predicted octanol–water partition coefficient (Wildman–Crippen LogP) is 1.78. The van der Waals surface area contributed by atoms with Crippen molar-refractivity contribution < 1.29 is 17.9 Å². The van der Waals surface area contributed by atoms with Crippen molar-refractivity contribution in [2.45, 2.75) is 44.2 Å². The molecule has 18 heavy (non-hydrogen) atoms. The Morgan fingerprint density at radius 1 is 1.39 bits per heavy atom. The summed E-state index contributed by atoms with van der Waals surface area (Å²) in [6.07, 6.45) is 0.625. The molecule has 0 aromatic heterocycles. The second kappa shape index (κ2) is 5.34. The molecule has 0 unspecified atom stereocenters. The molecule has 6 heteroatoms. The van der Waals surface area contributed by atoms with E-state index in [1.54, 1.807) is 13.8 Å². The van der Waals surface area contributed by atoms with E-state index in [1.165, 1.54) is 6.07 Å². The standard InChI is InChI=1S/C12H18FNO3S/c1-4-12(2,3)14-18(16,17)10-5-6-11(13)9(7-10)8-15/h5-7,14-15H,4,8H2,1-3H3. The first-order valence-electron chi connectivity index (χ1n) is 5.65. The number of hydrogen-bond donors (Lipinski definition) is 2. The van der Waals surface area contributed by atoms with Crippen LogP contribution in [0.2, 0.25) is 0 Å². The Morgan fingerprint density at radius 3 is 2.50 bits per heavy atom. The van der Waals surface area contributed by atoms with Crippen LogP contribution >= 0.6 is 0 Å². The van der Waals surface area contributed by atoms with Crippen LogP contribution in [-0.2, 0) is 16.6 Å². The van der Waals surface area contributed by atoms with Crippen LogP contribution in [0, 0.1) is 5.82 Å². The number of rotatable bonds is 5. The van der Waals surface area contributed by atoms with Gasteiger partial charge in [-0.25, -0.2) is 17.5 Å². The zero-order valence-electron chi connectivity index (χ0n) is 10.7. The second-order valence-electron chi connectivity index (χ2n) is 4.75. The van der Waals surface area contributed by atoms with Gasteiger partial charge in [0.25, 0.3) is 0 Å². The molecule has 0 atom stereocenters. The first-order chi connectivity index (χ1) is 8.22. The Kier molecular flexibility index (Phi) is 4.47. The molecule has 0 radical (unpaired) electrons. The van der Waals surface area contributed by atoms with Crippen LogP contribution in [0.15, 0.2) is 23.1 Å². The molecule has 0 saturated heterocycles. The normalized spacial score (nSPS) is 12.7. The molecule has 0 bridgehead atoms. The number of hydrogen-bond acceptors (Lipinski definition) is 3. The SMILES string of the molecule is CCC(C)(C)NS(=O)(=O)c1ccc(F)c(CO)c1. The third-order valence-corrected chi connectivity index (χ3v) is 4.49. The highest BCUT2D eigenvalue weighted by molar-refractivity contribution is 7.89. The average Bonchev–Trinajstić information content (AvgIpc) is 2.28. The lowest BCUT2D eigenvalue weighted by Gasteiger charge is -2.24. The van der Waals surface area contributed by atoms with E-state index >= 15 is 0 Å². The van der Waals surface area contributed by atoms with Gasteiger partial charge in [-0.3, -0.25) is 0 Å². The van der Waals surface area contributed by atoms with Crippen molar-refractivity contribution in [3.8, 4) is 0 Å². The van der Waals surface area contributed by atoms with Crippen LogP contribution in [0.25, 0.3) is 0 Å². The molecule has 0 spiro atoms. The Labute approximate surface area is 107 Å². The number of sulfonamides is 1. The number of nitrogens with one attached hydrogen (secondary N) is 1. The van der Waals surface area contributed by atoms with Gasteiger partial charge in [0.05, 0.1) is 11.5 Å². The summed E-state index contributed by atoms with van der Waals surface area (Å²) in [5.74, 6) is -0.619. The van der Waals surface area contributed by atoms with E-state index in [0.717, 1.165) is 12.1 Å². The first-order valence-corrected chi connectivity index (χ1v) is 7.13. The fourth-order valence-electron chi connectivity index (χ4n) is 1.33. The number of halogens is 1. The lowest BCUT2D eigenvalue weighted by Crippen LogP contribution is -2.42. The molecule has 0 amide bonds. The Hall–Kier alpha value is -0.980. The van der Waals surface area contributed by atoms with Crippen LogP contribution < -0.4 is 4.72 Å².